The normalized spacial score (nSPS) is 42.6. The van der Waals surface area contributed by atoms with Crippen molar-refractivity contribution < 1.29 is 47.2 Å². The Labute approximate surface area is 414 Å². The van der Waals surface area contributed by atoms with Gasteiger partial charge in [0.1, 0.15) is 35.2 Å². The zero-order valence-corrected chi connectivity index (χ0v) is 42.3. The summed E-state index contributed by atoms with van der Waals surface area (Å²) in [7, 11) is 0. The van der Waals surface area contributed by atoms with Crippen molar-refractivity contribution in [2.45, 2.75) is 166 Å². The Hall–Kier alpha value is -3.52. The van der Waals surface area contributed by atoms with Gasteiger partial charge in [0, 0.05) is 11.8 Å². The van der Waals surface area contributed by atoms with Gasteiger partial charge in [0.25, 0.3) is 0 Å². The number of fused-ring (bicyclic) bond motifs is 10. The van der Waals surface area contributed by atoms with E-state index in [4.69, 9.17) is 23.0 Å². The van der Waals surface area contributed by atoms with Crippen LogP contribution in [0, 0.1) is 94.8 Å². The van der Waals surface area contributed by atoms with Crippen LogP contribution >= 0.6 is 15.9 Å². The second-order valence-electron chi connectivity index (χ2n) is 23.7. The van der Waals surface area contributed by atoms with Crippen LogP contribution in [0.15, 0.2) is 36.4 Å². The molecule has 0 radical (unpaired) electrons. The van der Waals surface area contributed by atoms with Crippen LogP contribution in [0.3, 0.4) is 0 Å². The van der Waals surface area contributed by atoms with Gasteiger partial charge in [-0.15, -0.1) is 0 Å². The van der Waals surface area contributed by atoms with E-state index in [0.29, 0.717) is 67.4 Å². The molecule has 0 aromatic heterocycles. The number of carbonyl (C=O) groups is 2. The van der Waals surface area contributed by atoms with Crippen molar-refractivity contribution in [3.8, 4) is 11.5 Å². The number of aliphatic hydroxyl groups is 2. The lowest BCUT2D eigenvalue weighted by Gasteiger charge is -2.59. The second kappa shape index (κ2) is 19.5. The fourth-order valence-electron chi connectivity index (χ4n) is 16.6. The van der Waals surface area contributed by atoms with Gasteiger partial charge in [-0.1, -0.05) is 41.9 Å². The third kappa shape index (κ3) is 9.65. The number of benzene rings is 2. The molecular formula is C56H71BrF4N2O6. The predicted octanol–water partition coefficient (Wildman–Crippen LogP) is 13.6. The van der Waals surface area contributed by atoms with Crippen molar-refractivity contribution in [3.63, 3.8) is 0 Å². The highest BCUT2D eigenvalue weighted by molar-refractivity contribution is 9.09. The first-order valence-corrected chi connectivity index (χ1v) is 26.7. The Balaban J connectivity index is 0.000000160. The number of nitrogens with zero attached hydrogens (tertiary/aromatic N) is 2. The molecule has 13 heteroatoms. The number of rotatable bonds is 6. The summed E-state index contributed by atoms with van der Waals surface area (Å²) >= 11 is 3.37. The van der Waals surface area contributed by atoms with E-state index in [1.54, 1.807) is 0 Å². The molecular weight excluding hydrogens is 953 g/mol. The first-order chi connectivity index (χ1) is 32.5. The number of phenolic OH excluding ortho intramolecular Hbond substituents is 1. The van der Waals surface area contributed by atoms with Gasteiger partial charge in [0.05, 0.1) is 29.7 Å². The molecule has 16 atom stereocenters. The van der Waals surface area contributed by atoms with E-state index < -0.39 is 39.9 Å². The smallest absolute Gasteiger partial charge is 0.191 e. The minimum absolute atomic E-state index is 0.0200. The number of hydrogen-bond acceptors (Lipinski definition) is 6. The lowest BCUT2D eigenvalue weighted by molar-refractivity contribution is -0.166. The zero-order valence-electron chi connectivity index (χ0n) is 40.7. The van der Waals surface area contributed by atoms with Crippen LogP contribution in [0.5, 0.6) is 11.5 Å². The minimum atomic E-state index is -1.19. The lowest BCUT2D eigenvalue weighted by Crippen LogP contribution is -2.58. The maximum absolute atomic E-state index is 16.5. The number of halogens is 5. The molecule has 69 heavy (non-hydrogen) atoms. The molecule has 2 aromatic carbocycles. The summed E-state index contributed by atoms with van der Waals surface area (Å²) in [5, 5.41) is 30.1. The molecule has 8 aliphatic rings. The van der Waals surface area contributed by atoms with Crippen LogP contribution in [0.4, 0.5) is 28.9 Å². The van der Waals surface area contributed by atoms with E-state index in [-0.39, 0.29) is 81.8 Å². The average Bonchev–Trinajstić information content (AvgIpc) is 3.87. The van der Waals surface area contributed by atoms with E-state index in [1.165, 1.54) is 24.3 Å². The molecule has 0 unspecified atom stereocenters. The average molecular weight is 1020 g/mol. The van der Waals surface area contributed by atoms with Gasteiger partial charge in [-0.05, 0) is 212 Å². The number of Topliss-reactive ketones (excluding diaryl/α,β-unsaturated/α-hetero) is 2. The Morgan fingerprint density at radius 2 is 1.10 bits per heavy atom. The molecule has 0 saturated heterocycles. The molecule has 10 rings (SSSR count). The highest BCUT2D eigenvalue weighted by atomic mass is 79.9. The summed E-state index contributed by atoms with van der Waals surface area (Å²) in [6, 6.07) is 7.36. The summed E-state index contributed by atoms with van der Waals surface area (Å²) in [6.07, 6.45) is 14.4. The quantitative estimate of drug-likeness (QED) is 0.151. The van der Waals surface area contributed by atoms with Crippen molar-refractivity contribution in [3.05, 3.63) is 70.9 Å². The maximum Gasteiger partial charge on any atom is 0.191 e. The summed E-state index contributed by atoms with van der Waals surface area (Å²) < 4.78 is 64.6. The predicted molar refractivity (Wildman–Crippen MR) is 259 cm³/mol. The number of aromatic hydroxyl groups is 1. The molecule has 0 heterocycles. The molecule has 0 amide bonds. The molecule has 0 aliphatic heterocycles. The highest BCUT2D eigenvalue weighted by Crippen LogP contribution is 2.68. The number of alkyl halides is 3. The molecule has 8 aliphatic carbocycles. The number of ether oxygens (including phenoxy) is 1. The monoisotopic (exact) mass is 1020 g/mol. The van der Waals surface area contributed by atoms with Crippen molar-refractivity contribution in [1.29, 1.82) is 0 Å². The SMILES string of the molecule is C[C@@]1(O)CC[C@@]2(F)[C@H](CC[C@H]3[C@@H]4CC[C@H](C(=O)CBr)[C@@]4(C)CC[C@@H]32)C1.[C-]#[N+]c1ccc(F)c(O)c1.[C-]#[N+]c1ccc(F)c(OCC(=O)[C@H]2CC[C@H]3[C@@H]4CC[C@@H]5C[C@](C)(O)CC[C@]5(F)[C@H]4CC[C@]23C)c1. The van der Waals surface area contributed by atoms with Gasteiger partial charge >= 0.3 is 0 Å². The van der Waals surface area contributed by atoms with Crippen LogP contribution in [0.2, 0.25) is 0 Å². The largest absolute Gasteiger partial charge is 0.506 e. The van der Waals surface area contributed by atoms with E-state index in [9.17, 15) is 28.6 Å². The van der Waals surface area contributed by atoms with Gasteiger partial charge in [0.15, 0.2) is 28.8 Å². The Morgan fingerprint density at radius 3 is 1.57 bits per heavy atom. The Bertz CT molecular complexity index is 2350. The standard InChI is InChI=1S/C28H35F2NO3.C21H32BrFO2.C7H4FNO/c1-26(33)12-13-28(30)17(15-26)4-6-19-20-7-8-22(27(20,2)11-10-21(19)28)24(32)16-34-25-14-18(31-3)5-9-23(25)29;1-19(25)9-10-21(23)13(11-19)3-4-14-15-5-6-17(18(24)12-22)20(15,2)8-7-16(14)21;1-9-5-2-3-6(8)7(10)4-5/h5,9,14,17,19-22,33H,4,6-8,10-13,15-16H2,1-2H3;13-17,25H,3-12H2,1-2H3;2-4,10H/t17-,19+,20+,21+,22-,26-,27+,28-;13-,14+,15+,16+,17-,19-,20+,21-;/m11./s1. The van der Waals surface area contributed by atoms with Gasteiger partial charge < -0.3 is 20.1 Å². The van der Waals surface area contributed by atoms with Crippen LogP contribution in [-0.4, -0.2) is 61.4 Å². The molecule has 376 valence electrons. The summed E-state index contributed by atoms with van der Waals surface area (Å²) in [6.45, 7) is 21.6. The minimum Gasteiger partial charge on any atom is -0.506 e. The van der Waals surface area contributed by atoms with E-state index in [0.717, 1.165) is 89.2 Å². The highest BCUT2D eigenvalue weighted by Gasteiger charge is 2.65. The first-order valence-electron chi connectivity index (χ1n) is 25.6. The fourth-order valence-corrected chi connectivity index (χ4v) is 17.0. The lowest BCUT2D eigenvalue weighted by atomic mass is 9.48. The van der Waals surface area contributed by atoms with E-state index in [2.05, 4.69) is 39.5 Å². The van der Waals surface area contributed by atoms with E-state index in [1.807, 2.05) is 13.8 Å². The Kier molecular flexibility index (Phi) is 14.6. The molecule has 2 aromatic rings. The first kappa shape index (κ1) is 51.8. The number of hydrogen-bond donors (Lipinski definition) is 3. The Morgan fingerprint density at radius 1 is 0.638 bits per heavy atom. The van der Waals surface area contributed by atoms with Crippen molar-refractivity contribution >= 4 is 38.9 Å². The van der Waals surface area contributed by atoms with Crippen molar-refractivity contribution in [2.24, 2.45) is 70.0 Å². The molecule has 3 N–H and O–H groups in total. The van der Waals surface area contributed by atoms with Gasteiger partial charge in [-0.25, -0.2) is 27.3 Å². The molecule has 8 saturated carbocycles. The van der Waals surface area contributed by atoms with Crippen LogP contribution in [0.1, 0.15) is 143 Å². The number of carbonyl (C=O) groups excluding carboxylic acids is 2. The van der Waals surface area contributed by atoms with Gasteiger partial charge in [-0.2, -0.15) is 0 Å². The maximum atomic E-state index is 16.5. The second-order valence-corrected chi connectivity index (χ2v) is 24.3. The summed E-state index contributed by atoms with van der Waals surface area (Å²) in [4.78, 5) is 32.0. The molecule has 0 spiro atoms. The summed E-state index contributed by atoms with van der Waals surface area (Å²) in [5.41, 5.74) is -3.30. The van der Waals surface area contributed by atoms with Crippen LogP contribution < -0.4 is 4.74 Å². The molecule has 8 fully saturated rings. The number of phenols is 1. The van der Waals surface area contributed by atoms with Crippen LogP contribution in [0.25, 0.3) is 9.69 Å². The third-order valence-corrected chi connectivity index (χ3v) is 20.6. The van der Waals surface area contributed by atoms with Crippen LogP contribution in [-0.2, 0) is 9.59 Å². The van der Waals surface area contributed by atoms with Crippen molar-refractivity contribution in [1.82, 2.24) is 0 Å². The molecule has 0 bridgehead atoms. The van der Waals surface area contributed by atoms with E-state index >= 15 is 8.78 Å². The third-order valence-electron chi connectivity index (χ3n) is 20.0. The summed E-state index contributed by atoms with van der Waals surface area (Å²) in [5.74, 6) is 0.218. The molecule has 8 nitrogen and oxygen atoms in total. The number of ketones is 2. The zero-order chi connectivity index (χ0) is 49.9. The topological polar surface area (TPSA) is 113 Å². The van der Waals surface area contributed by atoms with Gasteiger partial charge in [0.2, 0.25) is 0 Å². The van der Waals surface area contributed by atoms with Crippen molar-refractivity contribution in [2.75, 3.05) is 11.9 Å². The van der Waals surface area contributed by atoms with Gasteiger partial charge in [-0.3, -0.25) is 9.59 Å². The fraction of sp³-hybridized carbons (Fsp3) is 0.714.